The molecule has 136 valence electrons. The number of anilines is 2. The van der Waals surface area contributed by atoms with E-state index in [9.17, 15) is 9.59 Å². The highest BCUT2D eigenvalue weighted by Crippen LogP contribution is 2.29. The third-order valence-electron chi connectivity index (χ3n) is 3.80. The molecule has 5 nitrogen and oxygen atoms in total. The summed E-state index contributed by atoms with van der Waals surface area (Å²) in [6.45, 7) is 1.32. The number of ether oxygens (including phenoxy) is 1. The Kier molecular flexibility index (Phi) is 5.84. The molecule has 0 saturated carbocycles. The van der Waals surface area contributed by atoms with E-state index in [1.807, 2.05) is 54.6 Å². The number of amides is 2. The number of nitrogens with one attached hydrogen (secondary N) is 2. The van der Waals surface area contributed by atoms with Gasteiger partial charge in [-0.05, 0) is 29.8 Å². The molecule has 0 radical (unpaired) electrons. The number of hydrogen-bond acceptors (Lipinski definition) is 3. The molecule has 2 amide bonds. The van der Waals surface area contributed by atoms with Crippen molar-refractivity contribution >= 4 is 23.2 Å². The lowest BCUT2D eigenvalue weighted by Gasteiger charge is -2.12. The van der Waals surface area contributed by atoms with Gasteiger partial charge in [0, 0.05) is 23.9 Å². The fourth-order valence-corrected chi connectivity index (χ4v) is 2.67. The average Bonchev–Trinajstić information content (AvgIpc) is 2.67. The predicted octanol–water partition coefficient (Wildman–Crippen LogP) is 4.33. The highest BCUT2D eigenvalue weighted by molar-refractivity contribution is 5.94. The van der Waals surface area contributed by atoms with Gasteiger partial charge in [0.25, 0.3) is 5.91 Å². The lowest BCUT2D eigenvalue weighted by atomic mass is 10.1. The minimum absolute atomic E-state index is 0.117. The highest BCUT2D eigenvalue weighted by Gasteiger charge is 2.09. The third-order valence-corrected chi connectivity index (χ3v) is 3.80. The summed E-state index contributed by atoms with van der Waals surface area (Å²) in [6, 6.07) is 24.4. The van der Waals surface area contributed by atoms with E-state index in [-0.39, 0.29) is 18.4 Å². The van der Waals surface area contributed by atoms with Gasteiger partial charge in [-0.1, -0.05) is 54.6 Å². The first-order valence-corrected chi connectivity index (χ1v) is 8.56. The van der Waals surface area contributed by atoms with Crippen molar-refractivity contribution in [1.82, 2.24) is 0 Å². The van der Waals surface area contributed by atoms with Gasteiger partial charge in [0.05, 0.1) is 0 Å². The lowest BCUT2D eigenvalue weighted by Crippen LogP contribution is -2.20. The lowest BCUT2D eigenvalue weighted by molar-refractivity contribution is -0.118. The van der Waals surface area contributed by atoms with Crippen LogP contribution in [0.3, 0.4) is 0 Å². The molecule has 27 heavy (non-hydrogen) atoms. The van der Waals surface area contributed by atoms with Gasteiger partial charge in [-0.25, -0.2) is 0 Å². The average molecular weight is 360 g/mol. The van der Waals surface area contributed by atoms with Gasteiger partial charge in [-0.2, -0.15) is 0 Å². The molecule has 0 unspecified atom stereocenters. The summed E-state index contributed by atoms with van der Waals surface area (Å²) in [6.07, 6.45) is 0. The smallest absolute Gasteiger partial charge is 0.262 e. The Hall–Kier alpha value is -3.60. The van der Waals surface area contributed by atoms with E-state index >= 15 is 0 Å². The molecular formula is C22H20N2O3. The number of benzene rings is 3. The summed E-state index contributed by atoms with van der Waals surface area (Å²) in [7, 11) is 0. The second-order valence-electron chi connectivity index (χ2n) is 5.96. The van der Waals surface area contributed by atoms with Crippen molar-refractivity contribution in [2.24, 2.45) is 0 Å². The van der Waals surface area contributed by atoms with Gasteiger partial charge in [0.15, 0.2) is 6.61 Å². The van der Waals surface area contributed by atoms with Crippen LogP contribution < -0.4 is 15.4 Å². The van der Waals surface area contributed by atoms with Crippen LogP contribution in [0.4, 0.5) is 11.4 Å². The highest BCUT2D eigenvalue weighted by atomic mass is 16.5. The van der Waals surface area contributed by atoms with Crippen LogP contribution in [0.15, 0.2) is 78.9 Å². The quantitative estimate of drug-likeness (QED) is 0.687. The first kappa shape index (κ1) is 18.2. The van der Waals surface area contributed by atoms with Crippen molar-refractivity contribution in [3.63, 3.8) is 0 Å². The number of carbonyl (C=O) groups excluding carboxylic acids is 2. The molecule has 0 bridgehead atoms. The first-order chi connectivity index (χ1) is 13.1. The molecule has 3 rings (SSSR count). The van der Waals surface area contributed by atoms with E-state index in [2.05, 4.69) is 10.6 Å². The minimum atomic E-state index is -0.280. The zero-order valence-corrected chi connectivity index (χ0v) is 14.9. The van der Waals surface area contributed by atoms with Crippen LogP contribution in [0.25, 0.3) is 11.1 Å². The van der Waals surface area contributed by atoms with E-state index in [0.29, 0.717) is 17.1 Å². The molecule has 0 heterocycles. The van der Waals surface area contributed by atoms with Crippen LogP contribution in [0.1, 0.15) is 6.92 Å². The van der Waals surface area contributed by atoms with E-state index in [0.717, 1.165) is 11.1 Å². The number of hydrogen-bond donors (Lipinski definition) is 2. The molecule has 5 heteroatoms. The zero-order valence-electron chi connectivity index (χ0n) is 14.9. The van der Waals surface area contributed by atoms with Crippen LogP contribution in [0.2, 0.25) is 0 Å². The number of carbonyl (C=O) groups is 2. The van der Waals surface area contributed by atoms with E-state index in [4.69, 9.17) is 4.74 Å². The summed E-state index contributed by atoms with van der Waals surface area (Å²) in [5.41, 5.74) is 3.16. The minimum Gasteiger partial charge on any atom is -0.483 e. The molecule has 0 aliphatic rings. The molecule has 3 aromatic rings. The maximum Gasteiger partial charge on any atom is 0.262 e. The molecule has 0 aromatic heterocycles. The maximum absolute atomic E-state index is 12.2. The topological polar surface area (TPSA) is 67.4 Å². The Morgan fingerprint density at radius 2 is 1.48 bits per heavy atom. The molecule has 0 saturated heterocycles. The van der Waals surface area contributed by atoms with Gasteiger partial charge in [-0.3, -0.25) is 9.59 Å². The third kappa shape index (κ3) is 5.19. The molecule has 3 aromatic carbocycles. The Balaban J connectivity index is 1.64. The Morgan fingerprint density at radius 1 is 0.815 bits per heavy atom. The van der Waals surface area contributed by atoms with Crippen LogP contribution in [0.5, 0.6) is 5.75 Å². The van der Waals surface area contributed by atoms with Gasteiger partial charge in [0.1, 0.15) is 5.75 Å². The fourth-order valence-electron chi connectivity index (χ4n) is 2.67. The van der Waals surface area contributed by atoms with Crippen LogP contribution >= 0.6 is 0 Å². The van der Waals surface area contributed by atoms with E-state index < -0.39 is 0 Å². The Labute approximate surface area is 158 Å². The summed E-state index contributed by atoms with van der Waals surface area (Å²) in [4.78, 5) is 23.4. The van der Waals surface area contributed by atoms with Crippen molar-refractivity contribution in [2.75, 3.05) is 17.2 Å². The molecular weight excluding hydrogens is 340 g/mol. The predicted molar refractivity (Wildman–Crippen MR) is 107 cm³/mol. The van der Waals surface area contributed by atoms with Crippen molar-refractivity contribution in [3.8, 4) is 16.9 Å². The van der Waals surface area contributed by atoms with Crippen molar-refractivity contribution in [2.45, 2.75) is 6.92 Å². The molecule has 0 fully saturated rings. The summed E-state index contributed by atoms with van der Waals surface area (Å²) in [5, 5.41) is 5.45. The summed E-state index contributed by atoms with van der Waals surface area (Å²) in [5.74, 6) is 0.197. The Morgan fingerprint density at radius 3 is 2.22 bits per heavy atom. The summed E-state index contributed by atoms with van der Waals surface area (Å²) >= 11 is 0. The van der Waals surface area contributed by atoms with Crippen LogP contribution in [-0.2, 0) is 9.59 Å². The molecule has 2 N–H and O–H groups in total. The largest absolute Gasteiger partial charge is 0.483 e. The van der Waals surface area contributed by atoms with Gasteiger partial charge in [0.2, 0.25) is 5.91 Å². The van der Waals surface area contributed by atoms with Gasteiger partial charge in [-0.15, -0.1) is 0 Å². The molecule has 0 aliphatic heterocycles. The monoisotopic (exact) mass is 360 g/mol. The fraction of sp³-hybridized carbons (Fsp3) is 0.0909. The molecule has 0 spiro atoms. The second kappa shape index (κ2) is 8.67. The zero-order chi connectivity index (χ0) is 19.1. The van der Waals surface area contributed by atoms with Gasteiger partial charge < -0.3 is 15.4 Å². The van der Waals surface area contributed by atoms with Crippen molar-refractivity contribution in [1.29, 1.82) is 0 Å². The van der Waals surface area contributed by atoms with Crippen molar-refractivity contribution in [3.05, 3.63) is 78.9 Å². The number of rotatable bonds is 6. The molecule has 0 aliphatic carbocycles. The SMILES string of the molecule is CC(=O)Nc1cccc(NC(=O)COc2ccccc2-c2ccccc2)c1. The Bertz CT molecular complexity index is 939. The van der Waals surface area contributed by atoms with Crippen molar-refractivity contribution < 1.29 is 14.3 Å². The standard InChI is InChI=1S/C22H20N2O3/c1-16(25)23-18-10-7-11-19(14-18)24-22(26)15-27-21-13-6-5-12-20(21)17-8-3-2-4-9-17/h2-14H,15H2,1H3,(H,23,25)(H,24,26). The number of para-hydroxylation sites is 1. The maximum atomic E-state index is 12.2. The molecule has 0 atom stereocenters. The second-order valence-corrected chi connectivity index (χ2v) is 5.96. The normalized spacial score (nSPS) is 10.1. The first-order valence-electron chi connectivity index (χ1n) is 8.56. The summed E-state index contributed by atoms with van der Waals surface area (Å²) < 4.78 is 5.74. The van der Waals surface area contributed by atoms with E-state index in [1.54, 1.807) is 24.3 Å². The van der Waals surface area contributed by atoms with Crippen LogP contribution in [-0.4, -0.2) is 18.4 Å². The van der Waals surface area contributed by atoms with Gasteiger partial charge >= 0.3 is 0 Å². The van der Waals surface area contributed by atoms with E-state index in [1.165, 1.54) is 6.92 Å². The van der Waals surface area contributed by atoms with Crippen LogP contribution in [0, 0.1) is 0 Å².